The van der Waals surface area contributed by atoms with Crippen LogP contribution in [0.3, 0.4) is 0 Å². The highest BCUT2D eigenvalue weighted by Gasteiger charge is 2.19. The summed E-state index contributed by atoms with van der Waals surface area (Å²) in [6.45, 7) is 3.34. The van der Waals surface area contributed by atoms with Crippen molar-refractivity contribution in [3.8, 4) is 5.75 Å². The summed E-state index contributed by atoms with van der Waals surface area (Å²) in [5.41, 5.74) is 0.915. The van der Waals surface area contributed by atoms with E-state index < -0.39 is 20.2 Å². The normalized spacial score (nSPS) is 12.2. The van der Waals surface area contributed by atoms with Crippen molar-refractivity contribution in [2.45, 2.75) is 23.6 Å². The van der Waals surface area contributed by atoms with Crippen LogP contribution >= 0.6 is 0 Å². The van der Waals surface area contributed by atoms with Crippen LogP contribution in [-0.2, 0) is 24.5 Å². The van der Waals surface area contributed by atoms with Gasteiger partial charge in [-0.25, -0.2) is 0 Å². The van der Waals surface area contributed by atoms with Crippen LogP contribution in [0.5, 0.6) is 5.75 Å². The van der Waals surface area contributed by atoms with Crippen molar-refractivity contribution in [1.82, 2.24) is 0 Å². The van der Waals surface area contributed by atoms with Crippen molar-refractivity contribution in [2.24, 2.45) is 5.16 Å². The van der Waals surface area contributed by atoms with Gasteiger partial charge in [-0.05, 0) is 50.2 Å². The molecule has 0 heterocycles. The molecule has 0 atom stereocenters. The quantitative estimate of drug-likeness (QED) is 0.441. The first-order valence-electron chi connectivity index (χ1n) is 6.77. The Kier molecular flexibility index (Phi) is 5.25. The van der Waals surface area contributed by atoms with Crippen molar-refractivity contribution in [2.75, 3.05) is 0 Å². The van der Waals surface area contributed by atoms with Crippen molar-refractivity contribution >= 4 is 26.5 Å². The predicted octanol–water partition coefficient (Wildman–Crippen LogP) is 2.47. The minimum absolute atomic E-state index is 0.00501. The molecule has 0 spiro atoms. The van der Waals surface area contributed by atoms with Crippen LogP contribution < -0.4 is 4.18 Å². The van der Waals surface area contributed by atoms with Gasteiger partial charge in [0.2, 0.25) is 0 Å². The summed E-state index contributed by atoms with van der Waals surface area (Å²) in [4.78, 5) is -0.168. The van der Waals surface area contributed by atoms with Crippen LogP contribution in [-0.4, -0.2) is 23.1 Å². The summed E-state index contributed by atoms with van der Waals surface area (Å²) in [5.74, 6) is -0.0199. The molecule has 0 aliphatic heterocycles. The van der Waals surface area contributed by atoms with E-state index >= 15 is 0 Å². The number of nitrogens with zero attached hydrogens (tertiary/aromatic N) is 1. The van der Waals surface area contributed by atoms with E-state index in [4.69, 9.17) is 4.18 Å². The van der Waals surface area contributed by atoms with Crippen LogP contribution in [0.2, 0.25) is 0 Å². The number of oxime groups is 1. The number of hydrogen-bond donors (Lipinski definition) is 0. The molecule has 2 aromatic rings. The minimum Gasteiger partial charge on any atom is -0.379 e. The van der Waals surface area contributed by atoms with E-state index in [1.165, 1.54) is 49.5 Å². The van der Waals surface area contributed by atoms with Crippen LogP contribution in [0.15, 0.2) is 63.5 Å². The van der Waals surface area contributed by atoms with E-state index in [9.17, 15) is 16.8 Å². The maximum atomic E-state index is 12.2. The molecule has 128 valence electrons. The second kappa shape index (κ2) is 7.02. The highest BCUT2D eigenvalue weighted by Crippen LogP contribution is 2.22. The Morgan fingerprint density at radius 2 is 1.33 bits per heavy atom. The number of hydrogen-bond acceptors (Lipinski definition) is 7. The molecule has 0 radical (unpaired) electrons. The zero-order chi connectivity index (χ0) is 17.8. The maximum absolute atomic E-state index is 12.2. The molecule has 2 aromatic carbocycles. The fourth-order valence-electron chi connectivity index (χ4n) is 1.68. The van der Waals surface area contributed by atoms with Crippen molar-refractivity contribution in [1.29, 1.82) is 0 Å². The van der Waals surface area contributed by atoms with E-state index in [1.807, 2.05) is 6.92 Å². The first-order chi connectivity index (χ1) is 11.2. The van der Waals surface area contributed by atoms with E-state index in [0.29, 0.717) is 0 Å². The van der Waals surface area contributed by atoms with Gasteiger partial charge in [0.1, 0.15) is 15.5 Å². The zero-order valence-corrected chi connectivity index (χ0v) is 14.5. The van der Waals surface area contributed by atoms with Gasteiger partial charge in [0.15, 0.2) is 0 Å². The molecule has 0 bridgehead atoms. The average Bonchev–Trinajstić information content (AvgIpc) is 2.53. The molecule has 0 saturated heterocycles. The Morgan fingerprint density at radius 3 is 1.88 bits per heavy atom. The predicted molar refractivity (Wildman–Crippen MR) is 87.9 cm³/mol. The lowest BCUT2D eigenvalue weighted by Crippen LogP contribution is -2.10. The number of benzene rings is 2. The van der Waals surface area contributed by atoms with Gasteiger partial charge in [0.05, 0.1) is 0 Å². The van der Waals surface area contributed by atoms with Crippen LogP contribution in [0, 0.1) is 6.92 Å². The summed E-state index contributed by atoms with van der Waals surface area (Å²) in [5, 5.41) is 3.21. The topological polar surface area (TPSA) is 99.1 Å². The molecule has 0 unspecified atom stereocenters. The van der Waals surface area contributed by atoms with Gasteiger partial charge in [-0.1, -0.05) is 22.9 Å². The molecular formula is C15H15NO6S2. The van der Waals surface area contributed by atoms with Gasteiger partial charge < -0.3 is 4.18 Å². The number of rotatable bonds is 6. The molecule has 7 nitrogen and oxygen atoms in total. The van der Waals surface area contributed by atoms with E-state index in [1.54, 1.807) is 12.1 Å². The van der Waals surface area contributed by atoms with Crippen molar-refractivity contribution in [3.63, 3.8) is 0 Å². The first kappa shape index (κ1) is 18.0. The van der Waals surface area contributed by atoms with Gasteiger partial charge in [0.25, 0.3) is 0 Å². The van der Waals surface area contributed by atoms with E-state index in [2.05, 4.69) is 9.44 Å². The fourth-order valence-corrected chi connectivity index (χ4v) is 3.37. The maximum Gasteiger partial charge on any atom is 0.358 e. The minimum atomic E-state index is -4.04. The van der Waals surface area contributed by atoms with E-state index in [0.717, 1.165) is 5.56 Å². The summed E-state index contributed by atoms with van der Waals surface area (Å²) in [6, 6.07) is 10.9. The van der Waals surface area contributed by atoms with Crippen molar-refractivity contribution < 1.29 is 25.3 Å². The second-order valence-corrected chi connectivity index (χ2v) is 7.79. The first-order valence-corrected chi connectivity index (χ1v) is 9.59. The summed E-state index contributed by atoms with van der Waals surface area (Å²) in [7, 11) is -8.04. The summed E-state index contributed by atoms with van der Waals surface area (Å²) in [6.07, 6.45) is 1.18. The Labute approximate surface area is 140 Å². The monoisotopic (exact) mass is 369 g/mol. The zero-order valence-electron chi connectivity index (χ0n) is 12.9. The van der Waals surface area contributed by atoms with Crippen molar-refractivity contribution in [3.05, 3.63) is 54.1 Å². The summed E-state index contributed by atoms with van der Waals surface area (Å²) < 4.78 is 57.1. The van der Waals surface area contributed by atoms with Crippen LogP contribution in [0.4, 0.5) is 0 Å². The molecule has 9 heteroatoms. The molecule has 0 aliphatic carbocycles. The van der Waals surface area contributed by atoms with Crippen LogP contribution in [0.1, 0.15) is 12.5 Å². The number of aryl methyl sites for hydroxylation is 1. The molecule has 0 aromatic heterocycles. The third kappa shape index (κ3) is 4.33. The molecule has 0 aliphatic rings. The lowest BCUT2D eigenvalue weighted by Gasteiger charge is -2.08. The van der Waals surface area contributed by atoms with Gasteiger partial charge in [-0.3, -0.25) is 4.28 Å². The second-order valence-electron chi connectivity index (χ2n) is 4.71. The SMILES string of the molecule is CC=NOS(=O)(=O)c1ccc(OS(=O)(=O)c2ccc(C)cc2)cc1. The smallest absolute Gasteiger partial charge is 0.358 e. The van der Waals surface area contributed by atoms with E-state index in [-0.39, 0.29) is 15.5 Å². The third-order valence-corrected chi connectivity index (χ3v) is 5.27. The molecule has 0 fully saturated rings. The molecule has 2 rings (SSSR count). The summed E-state index contributed by atoms with van der Waals surface area (Å²) >= 11 is 0. The lowest BCUT2D eigenvalue weighted by molar-refractivity contribution is 0.340. The third-order valence-electron chi connectivity index (χ3n) is 2.87. The fraction of sp³-hybridized carbons (Fsp3) is 0.133. The molecule has 0 amide bonds. The van der Waals surface area contributed by atoms with Crippen LogP contribution in [0.25, 0.3) is 0 Å². The Bertz CT molecular complexity index is 930. The Morgan fingerprint density at radius 1 is 0.833 bits per heavy atom. The Hall–Kier alpha value is -2.39. The van der Waals surface area contributed by atoms with Gasteiger partial charge in [-0.15, -0.1) is 0 Å². The lowest BCUT2D eigenvalue weighted by atomic mass is 10.2. The van der Waals surface area contributed by atoms with Gasteiger partial charge >= 0.3 is 20.2 Å². The highest BCUT2D eigenvalue weighted by atomic mass is 32.2. The molecule has 0 saturated carbocycles. The Balaban J connectivity index is 2.21. The van der Waals surface area contributed by atoms with Gasteiger partial charge in [0, 0.05) is 6.21 Å². The standard InChI is InChI=1S/C15H15NO6S2/c1-3-16-22-24(19,20)15-10-6-13(7-11-15)21-23(17,18)14-8-4-12(2)5-9-14/h3-11H,1-2H3. The largest absolute Gasteiger partial charge is 0.379 e. The molecular weight excluding hydrogens is 354 g/mol. The average molecular weight is 369 g/mol. The highest BCUT2D eigenvalue weighted by molar-refractivity contribution is 7.87. The molecule has 0 N–H and O–H groups in total. The van der Waals surface area contributed by atoms with Gasteiger partial charge in [-0.2, -0.15) is 16.8 Å². The molecule has 24 heavy (non-hydrogen) atoms.